The summed E-state index contributed by atoms with van der Waals surface area (Å²) in [5.41, 5.74) is 2.45. The van der Waals surface area contributed by atoms with E-state index in [0.717, 1.165) is 11.5 Å². The van der Waals surface area contributed by atoms with E-state index >= 15 is 0 Å². The molecule has 0 aliphatic heterocycles. The van der Waals surface area contributed by atoms with Crippen LogP contribution in [0.4, 0.5) is 11.5 Å². The maximum Gasteiger partial charge on any atom is 0.256 e. The summed E-state index contributed by atoms with van der Waals surface area (Å²) in [4.78, 5) is 21.3. The molecule has 4 aromatic rings. The van der Waals surface area contributed by atoms with Crippen LogP contribution < -0.4 is 15.4 Å². The molecule has 6 nitrogen and oxygen atoms in total. The zero-order valence-corrected chi connectivity index (χ0v) is 17.7. The van der Waals surface area contributed by atoms with Crippen LogP contribution in [0.2, 0.25) is 0 Å². The molecule has 0 spiro atoms. The number of anilines is 2. The Bertz CT molecular complexity index is 1150. The lowest BCUT2D eigenvalue weighted by Gasteiger charge is -2.14. The number of carbonyl (C=O) groups excluding carboxylic acids is 1. The average Bonchev–Trinajstić information content (AvgIpc) is 2.85. The molecule has 0 radical (unpaired) electrons. The molecule has 0 fully saturated rings. The Morgan fingerprint density at radius 2 is 1.62 bits per heavy atom. The lowest BCUT2D eigenvalue weighted by atomic mass is 10.0. The highest BCUT2D eigenvalue weighted by atomic mass is 16.5. The van der Waals surface area contributed by atoms with E-state index in [1.807, 2.05) is 60.7 Å². The molecular formula is C26H24N4O2. The summed E-state index contributed by atoms with van der Waals surface area (Å²) in [5.74, 6) is 1.59. The molecule has 0 aliphatic carbocycles. The molecule has 2 aromatic carbocycles. The number of benzene rings is 2. The van der Waals surface area contributed by atoms with E-state index in [4.69, 9.17) is 4.74 Å². The monoisotopic (exact) mass is 424 g/mol. The largest absolute Gasteiger partial charge is 0.438 e. The molecule has 32 heavy (non-hydrogen) atoms. The third kappa shape index (κ3) is 5.49. The Labute approximate surface area is 187 Å². The van der Waals surface area contributed by atoms with Crippen LogP contribution in [0.1, 0.15) is 28.8 Å². The third-order valence-electron chi connectivity index (χ3n) is 4.96. The van der Waals surface area contributed by atoms with Crippen LogP contribution in [0.15, 0.2) is 97.3 Å². The molecule has 2 N–H and O–H groups in total. The number of amides is 1. The number of aromatic nitrogens is 2. The SMILES string of the molecule is CC(CNC(=O)c1cccnc1Oc1ccc(Nc2ccccn2)cc1)c1ccccc1. The number of ether oxygens (including phenoxy) is 1. The van der Waals surface area contributed by atoms with Gasteiger partial charge in [-0.2, -0.15) is 0 Å². The average molecular weight is 425 g/mol. The van der Waals surface area contributed by atoms with Crippen LogP contribution in [0.5, 0.6) is 11.6 Å². The van der Waals surface area contributed by atoms with Crippen LogP contribution >= 0.6 is 0 Å². The number of pyridine rings is 2. The summed E-state index contributed by atoms with van der Waals surface area (Å²) >= 11 is 0. The molecule has 2 aromatic heterocycles. The van der Waals surface area contributed by atoms with E-state index in [0.29, 0.717) is 17.9 Å². The molecule has 160 valence electrons. The van der Waals surface area contributed by atoms with Gasteiger partial charge in [0.25, 0.3) is 5.91 Å². The lowest BCUT2D eigenvalue weighted by Crippen LogP contribution is -2.28. The lowest BCUT2D eigenvalue weighted by molar-refractivity contribution is 0.0948. The first kappa shape index (κ1) is 21.1. The van der Waals surface area contributed by atoms with Crippen molar-refractivity contribution in [2.45, 2.75) is 12.8 Å². The molecule has 6 heteroatoms. The first-order valence-corrected chi connectivity index (χ1v) is 10.4. The molecule has 4 rings (SSSR count). The van der Waals surface area contributed by atoms with E-state index < -0.39 is 0 Å². The zero-order valence-electron chi connectivity index (χ0n) is 17.7. The maximum absolute atomic E-state index is 12.8. The van der Waals surface area contributed by atoms with Crippen LogP contribution in [-0.2, 0) is 0 Å². The molecule has 0 saturated heterocycles. The maximum atomic E-state index is 12.8. The fraction of sp³-hybridized carbons (Fsp3) is 0.115. The predicted molar refractivity (Wildman–Crippen MR) is 125 cm³/mol. The third-order valence-corrected chi connectivity index (χ3v) is 4.96. The molecule has 0 saturated carbocycles. The standard InChI is InChI=1S/C26H24N4O2/c1-19(20-8-3-2-4-9-20)18-29-25(31)23-10-7-17-28-26(23)32-22-14-12-21(13-15-22)30-24-11-5-6-16-27-24/h2-17,19H,18H2,1H3,(H,27,30)(H,29,31). The van der Waals surface area contributed by atoms with Crippen molar-refractivity contribution >= 4 is 17.4 Å². The van der Waals surface area contributed by atoms with Gasteiger partial charge in [0, 0.05) is 24.6 Å². The van der Waals surface area contributed by atoms with Crippen molar-refractivity contribution in [3.05, 3.63) is 108 Å². The fourth-order valence-electron chi connectivity index (χ4n) is 3.19. The Kier molecular flexibility index (Phi) is 6.72. The Balaban J connectivity index is 1.40. The summed E-state index contributed by atoms with van der Waals surface area (Å²) < 4.78 is 5.91. The molecule has 1 amide bonds. The highest BCUT2D eigenvalue weighted by molar-refractivity contribution is 5.96. The van der Waals surface area contributed by atoms with E-state index in [1.54, 1.807) is 24.5 Å². The molecular weight excluding hydrogens is 400 g/mol. The van der Waals surface area contributed by atoms with Gasteiger partial charge in [0.15, 0.2) is 0 Å². The van der Waals surface area contributed by atoms with Crippen molar-refractivity contribution in [3.63, 3.8) is 0 Å². The summed E-state index contributed by atoms with van der Waals surface area (Å²) in [5, 5.41) is 6.20. The Morgan fingerprint density at radius 3 is 2.38 bits per heavy atom. The van der Waals surface area contributed by atoms with Crippen LogP contribution in [0.25, 0.3) is 0 Å². The normalized spacial score (nSPS) is 11.4. The van der Waals surface area contributed by atoms with E-state index in [9.17, 15) is 4.79 Å². The number of hydrogen-bond acceptors (Lipinski definition) is 5. The minimum atomic E-state index is -0.218. The number of nitrogens with one attached hydrogen (secondary N) is 2. The van der Waals surface area contributed by atoms with Gasteiger partial charge in [-0.05, 0) is 60.0 Å². The molecule has 1 unspecified atom stereocenters. The second-order valence-corrected chi connectivity index (χ2v) is 7.34. The molecule has 0 bridgehead atoms. The van der Waals surface area contributed by atoms with Gasteiger partial charge < -0.3 is 15.4 Å². The molecule has 2 heterocycles. The van der Waals surface area contributed by atoms with Gasteiger partial charge in [0.2, 0.25) is 5.88 Å². The van der Waals surface area contributed by atoms with Crippen LogP contribution in [0, 0.1) is 0 Å². The van der Waals surface area contributed by atoms with Crippen LogP contribution in [-0.4, -0.2) is 22.4 Å². The van der Waals surface area contributed by atoms with Crippen molar-refractivity contribution in [2.24, 2.45) is 0 Å². The number of rotatable bonds is 8. The van der Waals surface area contributed by atoms with Crippen molar-refractivity contribution < 1.29 is 9.53 Å². The minimum Gasteiger partial charge on any atom is -0.438 e. The van der Waals surface area contributed by atoms with Gasteiger partial charge in [-0.3, -0.25) is 4.79 Å². The van der Waals surface area contributed by atoms with E-state index in [1.165, 1.54) is 5.56 Å². The predicted octanol–water partition coefficient (Wildman–Crippen LogP) is 5.55. The summed E-state index contributed by atoms with van der Waals surface area (Å²) in [6.07, 6.45) is 3.34. The van der Waals surface area contributed by atoms with Crippen LogP contribution in [0.3, 0.4) is 0 Å². The smallest absolute Gasteiger partial charge is 0.256 e. The van der Waals surface area contributed by atoms with Crippen molar-refractivity contribution in [3.8, 4) is 11.6 Å². The van der Waals surface area contributed by atoms with Crippen molar-refractivity contribution in [1.82, 2.24) is 15.3 Å². The number of hydrogen-bond donors (Lipinski definition) is 2. The second-order valence-electron chi connectivity index (χ2n) is 7.34. The first-order chi connectivity index (χ1) is 15.7. The quantitative estimate of drug-likeness (QED) is 0.388. The molecule has 1 atom stereocenters. The second kappa shape index (κ2) is 10.2. The number of carbonyl (C=O) groups is 1. The summed E-state index contributed by atoms with van der Waals surface area (Å²) in [6.45, 7) is 2.60. The van der Waals surface area contributed by atoms with Crippen molar-refractivity contribution in [2.75, 3.05) is 11.9 Å². The fourth-order valence-corrected chi connectivity index (χ4v) is 3.19. The van der Waals surface area contributed by atoms with Gasteiger partial charge in [-0.25, -0.2) is 9.97 Å². The summed E-state index contributed by atoms with van der Waals surface area (Å²) in [7, 11) is 0. The van der Waals surface area contributed by atoms with Gasteiger partial charge in [0.1, 0.15) is 17.1 Å². The van der Waals surface area contributed by atoms with E-state index in [2.05, 4.69) is 39.7 Å². The van der Waals surface area contributed by atoms with Gasteiger partial charge >= 0.3 is 0 Å². The molecule has 0 aliphatic rings. The Hall–Kier alpha value is -4.19. The van der Waals surface area contributed by atoms with Gasteiger partial charge in [-0.1, -0.05) is 43.3 Å². The first-order valence-electron chi connectivity index (χ1n) is 10.4. The van der Waals surface area contributed by atoms with Gasteiger partial charge in [0.05, 0.1) is 0 Å². The Morgan fingerprint density at radius 1 is 0.875 bits per heavy atom. The topological polar surface area (TPSA) is 76.1 Å². The minimum absolute atomic E-state index is 0.195. The zero-order chi connectivity index (χ0) is 22.2. The van der Waals surface area contributed by atoms with Gasteiger partial charge in [-0.15, -0.1) is 0 Å². The highest BCUT2D eigenvalue weighted by Crippen LogP contribution is 2.25. The van der Waals surface area contributed by atoms with Crippen molar-refractivity contribution in [1.29, 1.82) is 0 Å². The highest BCUT2D eigenvalue weighted by Gasteiger charge is 2.15. The number of nitrogens with zero attached hydrogens (tertiary/aromatic N) is 2. The summed E-state index contributed by atoms with van der Waals surface area (Å²) in [6, 6.07) is 26.6. The van der Waals surface area contributed by atoms with E-state index in [-0.39, 0.29) is 17.7 Å².